The Kier molecular flexibility index (Phi) is 6.18. The molecule has 3 N–H and O–H groups in total. The van der Waals surface area contributed by atoms with Gasteiger partial charge in [-0.15, -0.1) is 0 Å². The highest BCUT2D eigenvalue weighted by molar-refractivity contribution is 7.99. The molecule has 0 aliphatic carbocycles. The smallest absolute Gasteiger partial charge is 0.365 e. The molecule has 0 saturated heterocycles. The van der Waals surface area contributed by atoms with Crippen molar-refractivity contribution in [1.82, 2.24) is 4.90 Å². The van der Waals surface area contributed by atoms with Crippen molar-refractivity contribution in [3.63, 3.8) is 0 Å². The zero-order chi connectivity index (χ0) is 16.8. The van der Waals surface area contributed by atoms with E-state index >= 15 is 0 Å². The molecule has 1 unspecified atom stereocenters. The van der Waals surface area contributed by atoms with Crippen molar-refractivity contribution < 1.29 is 24.9 Å². The normalized spacial score (nSPS) is 14.8. The van der Waals surface area contributed by atoms with Crippen molar-refractivity contribution in [3.05, 3.63) is 35.4 Å². The number of ether oxygens (including phenoxy) is 1. The Morgan fingerprint density at radius 2 is 1.87 bits per heavy atom. The van der Waals surface area contributed by atoms with Crippen molar-refractivity contribution in [3.8, 4) is 0 Å². The summed E-state index contributed by atoms with van der Waals surface area (Å²) < 4.78 is 4.89. The molecule has 1 aromatic carbocycles. The number of amides is 2. The summed E-state index contributed by atoms with van der Waals surface area (Å²) in [4.78, 5) is 37.1. The Labute approximate surface area is 139 Å². The number of carbonyl (C=O) groups is 3. The molecule has 0 fully saturated rings. The standard InChI is InChI=1S/C16H20N2O4S/c1-2-22-16(21)13(17)10-23-9-5-8-18-14(19)11-6-3-4-7-12(11)15(18)20/h3-4,6-7,13H,2,5,8-10,17H2,1H3/p+1. The second-order valence-corrected chi connectivity index (χ2v) is 6.33. The zero-order valence-electron chi connectivity index (χ0n) is 13.1. The molecule has 0 spiro atoms. The number of quaternary nitrogens is 1. The lowest BCUT2D eigenvalue weighted by Gasteiger charge is -2.13. The molecule has 1 aliphatic heterocycles. The van der Waals surface area contributed by atoms with E-state index in [1.54, 1.807) is 43.0 Å². The van der Waals surface area contributed by atoms with Crippen LogP contribution in [-0.2, 0) is 9.53 Å². The van der Waals surface area contributed by atoms with Crippen LogP contribution in [0, 0.1) is 0 Å². The fourth-order valence-corrected chi connectivity index (χ4v) is 3.24. The molecular weight excluding hydrogens is 316 g/mol. The first kappa shape index (κ1) is 17.5. The van der Waals surface area contributed by atoms with Gasteiger partial charge in [0.2, 0.25) is 0 Å². The molecule has 0 aromatic heterocycles. The minimum Gasteiger partial charge on any atom is -0.462 e. The van der Waals surface area contributed by atoms with Gasteiger partial charge in [0.05, 0.1) is 23.5 Å². The Balaban J connectivity index is 1.73. The molecular formula is C16H21N2O4S+. The summed E-state index contributed by atoms with van der Waals surface area (Å²) in [7, 11) is 0. The summed E-state index contributed by atoms with van der Waals surface area (Å²) in [6.45, 7) is 2.51. The predicted molar refractivity (Wildman–Crippen MR) is 87.1 cm³/mol. The first-order valence-electron chi connectivity index (χ1n) is 7.59. The van der Waals surface area contributed by atoms with E-state index in [-0.39, 0.29) is 23.8 Å². The SMILES string of the molecule is CCOC(=O)C([NH3+])CSCCCN1C(=O)c2ccccc2C1=O. The third kappa shape index (κ3) is 4.11. The number of rotatable bonds is 8. The van der Waals surface area contributed by atoms with Crippen molar-refractivity contribution in [2.75, 3.05) is 24.7 Å². The maximum Gasteiger partial charge on any atom is 0.365 e. The molecule has 1 heterocycles. The van der Waals surface area contributed by atoms with Gasteiger partial charge < -0.3 is 10.5 Å². The summed E-state index contributed by atoms with van der Waals surface area (Å²) in [5.74, 6) is 0.578. The van der Waals surface area contributed by atoms with Crippen molar-refractivity contribution in [1.29, 1.82) is 0 Å². The number of nitrogens with zero attached hydrogens (tertiary/aromatic N) is 1. The van der Waals surface area contributed by atoms with Crippen LogP contribution in [0.4, 0.5) is 0 Å². The Bertz CT molecular complexity index is 570. The second kappa shape index (κ2) is 8.12. The third-order valence-electron chi connectivity index (χ3n) is 3.49. The molecule has 23 heavy (non-hydrogen) atoms. The van der Waals surface area contributed by atoms with Crippen LogP contribution >= 0.6 is 11.8 Å². The van der Waals surface area contributed by atoms with Crippen molar-refractivity contribution in [2.24, 2.45) is 0 Å². The van der Waals surface area contributed by atoms with Crippen LogP contribution in [0.3, 0.4) is 0 Å². The Hall–Kier alpha value is -1.86. The fraction of sp³-hybridized carbons (Fsp3) is 0.438. The van der Waals surface area contributed by atoms with Crippen LogP contribution in [-0.4, -0.2) is 53.4 Å². The van der Waals surface area contributed by atoms with Gasteiger partial charge >= 0.3 is 5.97 Å². The number of fused-ring (bicyclic) bond motifs is 1. The highest BCUT2D eigenvalue weighted by Crippen LogP contribution is 2.22. The second-order valence-electron chi connectivity index (χ2n) is 5.18. The van der Waals surface area contributed by atoms with E-state index in [1.165, 1.54) is 4.90 Å². The van der Waals surface area contributed by atoms with Crippen LogP contribution < -0.4 is 5.73 Å². The van der Waals surface area contributed by atoms with E-state index in [1.807, 2.05) is 0 Å². The van der Waals surface area contributed by atoms with Gasteiger partial charge in [-0.05, 0) is 31.2 Å². The minimum absolute atomic E-state index is 0.225. The largest absolute Gasteiger partial charge is 0.462 e. The van der Waals surface area contributed by atoms with Gasteiger partial charge in [0.15, 0.2) is 6.04 Å². The molecule has 0 radical (unpaired) electrons. The van der Waals surface area contributed by atoms with E-state index < -0.39 is 0 Å². The van der Waals surface area contributed by atoms with Gasteiger partial charge in [-0.2, -0.15) is 11.8 Å². The summed E-state index contributed by atoms with van der Waals surface area (Å²) in [6, 6.07) is 6.48. The lowest BCUT2D eigenvalue weighted by molar-refractivity contribution is -0.401. The van der Waals surface area contributed by atoms with Crippen LogP contribution in [0.15, 0.2) is 24.3 Å². The molecule has 124 valence electrons. The summed E-state index contributed by atoms with van der Waals surface area (Å²) in [6.07, 6.45) is 0.686. The van der Waals surface area contributed by atoms with E-state index in [0.29, 0.717) is 36.5 Å². The van der Waals surface area contributed by atoms with E-state index in [9.17, 15) is 14.4 Å². The minimum atomic E-state index is -0.390. The summed E-state index contributed by atoms with van der Waals surface area (Å²) in [5.41, 5.74) is 4.72. The van der Waals surface area contributed by atoms with Crippen LogP contribution in [0.25, 0.3) is 0 Å². The number of esters is 1. The molecule has 7 heteroatoms. The summed E-state index contributed by atoms with van der Waals surface area (Å²) >= 11 is 1.57. The number of thioether (sulfide) groups is 1. The van der Waals surface area contributed by atoms with Gasteiger partial charge in [0, 0.05) is 6.54 Å². The third-order valence-corrected chi connectivity index (χ3v) is 4.70. The van der Waals surface area contributed by atoms with Gasteiger partial charge in [0.1, 0.15) is 0 Å². The Morgan fingerprint density at radius 1 is 1.26 bits per heavy atom. The molecule has 2 rings (SSSR count). The van der Waals surface area contributed by atoms with Gasteiger partial charge in [-0.3, -0.25) is 14.5 Å². The quantitative estimate of drug-likeness (QED) is 0.426. The van der Waals surface area contributed by atoms with Crippen LogP contribution in [0.1, 0.15) is 34.1 Å². The topological polar surface area (TPSA) is 91.3 Å². The first-order chi connectivity index (χ1) is 11.1. The Morgan fingerprint density at radius 3 is 2.43 bits per heavy atom. The van der Waals surface area contributed by atoms with Crippen LogP contribution in [0.5, 0.6) is 0 Å². The monoisotopic (exact) mass is 337 g/mol. The predicted octanol–water partition coefficient (Wildman–Crippen LogP) is 0.580. The maximum absolute atomic E-state index is 12.2. The summed E-state index contributed by atoms with van der Waals surface area (Å²) in [5, 5.41) is 0. The number of carbonyl (C=O) groups excluding carboxylic acids is 3. The van der Waals surface area contributed by atoms with Crippen molar-refractivity contribution in [2.45, 2.75) is 19.4 Å². The molecule has 2 amide bonds. The molecule has 6 nitrogen and oxygen atoms in total. The van der Waals surface area contributed by atoms with E-state index in [0.717, 1.165) is 5.75 Å². The zero-order valence-corrected chi connectivity index (χ0v) is 13.9. The van der Waals surface area contributed by atoms with E-state index in [2.05, 4.69) is 5.73 Å². The number of hydrogen-bond acceptors (Lipinski definition) is 5. The van der Waals surface area contributed by atoms with Gasteiger partial charge in [-0.1, -0.05) is 12.1 Å². The highest BCUT2D eigenvalue weighted by atomic mass is 32.2. The molecule has 0 bridgehead atoms. The molecule has 1 aromatic rings. The average molecular weight is 337 g/mol. The lowest BCUT2D eigenvalue weighted by atomic mass is 10.1. The number of imide groups is 1. The van der Waals surface area contributed by atoms with Gasteiger partial charge in [-0.25, -0.2) is 4.79 Å². The fourth-order valence-electron chi connectivity index (χ4n) is 2.32. The van der Waals surface area contributed by atoms with Crippen LogP contribution in [0.2, 0.25) is 0 Å². The number of benzene rings is 1. The maximum atomic E-state index is 12.2. The molecule has 1 atom stereocenters. The molecule has 1 aliphatic rings. The first-order valence-corrected chi connectivity index (χ1v) is 8.74. The van der Waals surface area contributed by atoms with Gasteiger partial charge in [0.25, 0.3) is 11.8 Å². The highest BCUT2D eigenvalue weighted by Gasteiger charge is 2.34. The average Bonchev–Trinajstić information content (AvgIpc) is 2.79. The number of hydrogen-bond donors (Lipinski definition) is 1. The molecule has 0 saturated carbocycles. The van der Waals surface area contributed by atoms with E-state index in [4.69, 9.17) is 4.74 Å². The lowest BCUT2D eigenvalue weighted by Crippen LogP contribution is -2.66. The van der Waals surface area contributed by atoms with Crippen molar-refractivity contribution >= 4 is 29.5 Å².